The highest BCUT2D eigenvalue weighted by Gasteiger charge is 2.14. The highest BCUT2D eigenvalue weighted by Crippen LogP contribution is 2.29. The summed E-state index contributed by atoms with van der Waals surface area (Å²) in [5, 5.41) is 23.3. The van der Waals surface area contributed by atoms with E-state index in [2.05, 4.69) is 40.5 Å². The van der Waals surface area contributed by atoms with E-state index in [4.69, 9.17) is 14.3 Å². The van der Waals surface area contributed by atoms with Crippen LogP contribution in [0.15, 0.2) is 58.5 Å². The summed E-state index contributed by atoms with van der Waals surface area (Å²) in [7, 11) is 0. The largest absolute Gasteiger partial charge is 0.457 e. The van der Waals surface area contributed by atoms with Crippen LogP contribution in [0, 0.1) is 17.2 Å². The van der Waals surface area contributed by atoms with Crippen molar-refractivity contribution in [1.82, 2.24) is 5.32 Å². The molecule has 0 bridgehead atoms. The van der Waals surface area contributed by atoms with Crippen molar-refractivity contribution in [3.05, 3.63) is 59.9 Å². The van der Waals surface area contributed by atoms with Gasteiger partial charge in [-0.05, 0) is 47.0 Å². The van der Waals surface area contributed by atoms with Crippen molar-refractivity contribution >= 4 is 28.4 Å². The maximum absolute atomic E-state index is 12.2. The first-order valence-corrected chi connectivity index (χ1v) is 11.0. The first kappa shape index (κ1) is 22.6. The van der Waals surface area contributed by atoms with Crippen LogP contribution in [0.3, 0.4) is 0 Å². The maximum Gasteiger partial charge on any atom is 0.262 e. The summed E-state index contributed by atoms with van der Waals surface area (Å²) in [6.07, 6.45) is 1.43. The highest BCUT2D eigenvalue weighted by atomic mass is 16.5. The zero-order chi connectivity index (χ0) is 23.2. The van der Waals surface area contributed by atoms with Crippen LogP contribution < -0.4 is 10.2 Å². The fourth-order valence-electron chi connectivity index (χ4n) is 3.71. The summed E-state index contributed by atoms with van der Waals surface area (Å²) in [5.41, 5.74) is 2.07. The molecule has 1 aliphatic heterocycles. The smallest absolute Gasteiger partial charge is 0.262 e. The molecule has 1 saturated heterocycles. The topological polar surface area (TPSA) is 98.7 Å². The van der Waals surface area contributed by atoms with E-state index in [1.807, 2.05) is 25.1 Å². The van der Waals surface area contributed by atoms with Crippen LogP contribution >= 0.6 is 0 Å². The van der Waals surface area contributed by atoms with Crippen LogP contribution in [0.1, 0.15) is 12.7 Å². The zero-order valence-corrected chi connectivity index (χ0v) is 18.6. The van der Waals surface area contributed by atoms with Crippen molar-refractivity contribution in [3.63, 3.8) is 0 Å². The van der Waals surface area contributed by atoms with Crippen LogP contribution in [-0.4, -0.2) is 50.5 Å². The number of furan rings is 1. The predicted molar refractivity (Wildman–Crippen MR) is 128 cm³/mol. The lowest BCUT2D eigenvalue weighted by molar-refractivity contribution is -0.117. The summed E-state index contributed by atoms with van der Waals surface area (Å²) >= 11 is 0. The summed E-state index contributed by atoms with van der Waals surface area (Å²) in [6.45, 7) is 5.37. The van der Waals surface area contributed by atoms with Crippen LogP contribution in [0.2, 0.25) is 0 Å². The molecule has 0 aliphatic carbocycles. The molecule has 3 aromatic rings. The summed E-state index contributed by atoms with van der Waals surface area (Å²) in [4.78, 5) is 14.6. The van der Waals surface area contributed by atoms with Gasteiger partial charge in [0.25, 0.3) is 5.91 Å². The Hall–Kier alpha value is -3.60. The number of nitriles is 1. The number of benzene rings is 2. The molecule has 1 fully saturated rings. The number of nitrogens with one attached hydrogen (secondary N) is 1. The molecule has 2 aromatic carbocycles. The SMILES string of the molecule is CC(CO)CNC(=O)/C(C#N)=C/c1ccc(-c2ccc3cc(N4CCOCC4)ccc3c2)o1. The summed E-state index contributed by atoms with van der Waals surface area (Å²) in [5.74, 6) is 0.515. The van der Waals surface area contributed by atoms with Crippen molar-refractivity contribution < 1.29 is 19.1 Å². The minimum absolute atomic E-state index is 0.0340. The van der Waals surface area contributed by atoms with E-state index >= 15 is 0 Å². The van der Waals surface area contributed by atoms with E-state index in [1.165, 1.54) is 11.8 Å². The number of carbonyl (C=O) groups is 1. The molecule has 1 aliphatic rings. The molecule has 2 heterocycles. The molecule has 0 spiro atoms. The van der Waals surface area contributed by atoms with E-state index in [1.54, 1.807) is 6.07 Å². The second-order valence-electron chi connectivity index (χ2n) is 8.22. The van der Waals surface area contributed by atoms with Gasteiger partial charge >= 0.3 is 0 Å². The number of hydrogen-bond donors (Lipinski definition) is 2. The number of morpholine rings is 1. The monoisotopic (exact) mass is 445 g/mol. The second kappa shape index (κ2) is 10.3. The Bertz CT molecular complexity index is 1200. The van der Waals surface area contributed by atoms with Gasteiger partial charge in [-0.15, -0.1) is 0 Å². The number of hydrogen-bond acceptors (Lipinski definition) is 6. The molecule has 2 N–H and O–H groups in total. The second-order valence-corrected chi connectivity index (χ2v) is 8.22. The fraction of sp³-hybridized carbons (Fsp3) is 0.308. The van der Waals surface area contributed by atoms with Crippen molar-refractivity contribution in [3.8, 4) is 17.4 Å². The molecule has 33 heavy (non-hydrogen) atoms. The van der Waals surface area contributed by atoms with E-state index in [9.17, 15) is 10.1 Å². The van der Waals surface area contributed by atoms with Crippen molar-refractivity contribution in [2.45, 2.75) is 6.92 Å². The number of ether oxygens (including phenoxy) is 1. The van der Waals surface area contributed by atoms with Crippen molar-refractivity contribution in [2.75, 3.05) is 44.4 Å². The van der Waals surface area contributed by atoms with Gasteiger partial charge in [0, 0.05) is 43.6 Å². The van der Waals surface area contributed by atoms with E-state index < -0.39 is 5.91 Å². The number of anilines is 1. The molecule has 1 atom stereocenters. The maximum atomic E-state index is 12.2. The van der Waals surface area contributed by atoms with Gasteiger partial charge < -0.3 is 24.5 Å². The van der Waals surface area contributed by atoms with Gasteiger partial charge in [-0.3, -0.25) is 4.79 Å². The van der Waals surface area contributed by atoms with Gasteiger partial charge in [-0.25, -0.2) is 0 Å². The third-order valence-electron chi connectivity index (χ3n) is 5.69. The van der Waals surface area contributed by atoms with Crippen LogP contribution in [0.5, 0.6) is 0 Å². The Balaban J connectivity index is 1.51. The number of rotatable bonds is 7. The Labute approximate surface area is 192 Å². The number of amides is 1. The van der Waals surface area contributed by atoms with Gasteiger partial charge in [0.2, 0.25) is 0 Å². The quantitative estimate of drug-likeness (QED) is 0.426. The molecule has 7 heteroatoms. The summed E-state index contributed by atoms with van der Waals surface area (Å²) < 4.78 is 11.3. The lowest BCUT2D eigenvalue weighted by Crippen LogP contribution is -2.36. The number of carbonyl (C=O) groups excluding carboxylic acids is 1. The summed E-state index contributed by atoms with van der Waals surface area (Å²) in [6, 6.07) is 18.1. The molecule has 4 rings (SSSR count). The normalized spacial score (nSPS) is 15.3. The highest BCUT2D eigenvalue weighted by molar-refractivity contribution is 6.01. The first-order chi connectivity index (χ1) is 16.1. The van der Waals surface area contributed by atoms with E-state index in [-0.39, 0.29) is 18.1 Å². The average molecular weight is 446 g/mol. The predicted octanol–water partition coefficient (Wildman–Crippen LogP) is 3.59. The molecule has 1 unspecified atom stereocenters. The van der Waals surface area contributed by atoms with E-state index in [0.29, 0.717) is 18.1 Å². The zero-order valence-electron chi connectivity index (χ0n) is 18.6. The van der Waals surface area contributed by atoms with E-state index in [0.717, 1.165) is 42.6 Å². The fourth-order valence-corrected chi connectivity index (χ4v) is 3.71. The minimum Gasteiger partial charge on any atom is -0.457 e. The van der Waals surface area contributed by atoms with Gasteiger partial charge in [0.15, 0.2) is 0 Å². The lowest BCUT2D eigenvalue weighted by atomic mass is 10.0. The third-order valence-corrected chi connectivity index (χ3v) is 5.69. The Morgan fingerprint density at radius 3 is 2.70 bits per heavy atom. The molecule has 1 amide bonds. The Kier molecular flexibility index (Phi) is 7.08. The Morgan fingerprint density at radius 2 is 1.94 bits per heavy atom. The number of fused-ring (bicyclic) bond motifs is 1. The lowest BCUT2D eigenvalue weighted by Gasteiger charge is -2.29. The van der Waals surface area contributed by atoms with Crippen LogP contribution in [0.25, 0.3) is 28.2 Å². The van der Waals surface area contributed by atoms with Gasteiger partial charge in [-0.1, -0.05) is 25.1 Å². The molecule has 170 valence electrons. The van der Waals surface area contributed by atoms with Crippen molar-refractivity contribution in [2.24, 2.45) is 5.92 Å². The standard InChI is InChI=1S/C26H27N3O4/c1-18(17-30)16-28-26(31)22(15-27)14-24-6-7-25(33-24)21-3-2-20-13-23(5-4-19(20)12-21)29-8-10-32-11-9-29/h2-7,12-14,18,30H,8-11,16-17H2,1H3,(H,28,31)/b22-14+. The van der Waals surface area contributed by atoms with Gasteiger partial charge in [-0.2, -0.15) is 5.26 Å². The molecular formula is C26H27N3O4. The Morgan fingerprint density at radius 1 is 1.18 bits per heavy atom. The molecule has 0 radical (unpaired) electrons. The van der Waals surface area contributed by atoms with Crippen LogP contribution in [-0.2, 0) is 9.53 Å². The van der Waals surface area contributed by atoms with Crippen molar-refractivity contribution in [1.29, 1.82) is 5.26 Å². The molecule has 1 aromatic heterocycles. The molecule has 7 nitrogen and oxygen atoms in total. The number of aliphatic hydroxyl groups excluding tert-OH is 1. The third kappa shape index (κ3) is 5.43. The number of nitrogens with zero attached hydrogens (tertiary/aromatic N) is 2. The van der Waals surface area contributed by atoms with Crippen LogP contribution in [0.4, 0.5) is 5.69 Å². The minimum atomic E-state index is -0.488. The van der Waals surface area contributed by atoms with Gasteiger partial charge in [0.05, 0.1) is 13.2 Å². The molecular weight excluding hydrogens is 418 g/mol. The molecule has 0 saturated carbocycles. The average Bonchev–Trinajstić information content (AvgIpc) is 3.34. The first-order valence-electron chi connectivity index (χ1n) is 11.0. The van der Waals surface area contributed by atoms with Gasteiger partial charge in [0.1, 0.15) is 23.2 Å². The number of aliphatic hydroxyl groups is 1.